The normalized spacial score (nSPS) is 22.7. The molecule has 2 aliphatic rings. The van der Waals surface area contributed by atoms with Crippen LogP contribution >= 0.6 is 11.6 Å². The fraction of sp³-hybridized carbons (Fsp3) is 0.435. The van der Waals surface area contributed by atoms with Gasteiger partial charge in [0.05, 0.1) is 29.0 Å². The van der Waals surface area contributed by atoms with Gasteiger partial charge in [-0.3, -0.25) is 9.81 Å². The Hall–Kier alpha value is -2.68. The van der Waals surface area contributed by atoms with Crippen LogP contribution in [0.3, 0.4) is 0 Å². The van der Waals surface area contributed by atoms with Crippen LogP contribution in [0.1, 0.15) is 31.0 Å². The molecule has 0 aliphatic carbocycles. The summed E-state index contributed by atoms with van der Waals surface area (Å²) < 4.78 is 7.91. The molecule has 8 nitrogen and oxygen atoms in total. The van der Waals surface area contributed by atoms with E-state index in [1.54, 1.807) is 6.20 Å². The topological polar surface area (TPSA) is 120 Å². The molecule has 2 saturated heterocycles. The van der Waals surface area contributed by atoms with Crippen molar-refractivity contribution in [3.8, 4) is 11.1 Å². The van der Waals surface area contributed by atoms with Crippen molar-refractivity contribution >= 4 is 35.1 Å². The minimum Gasteiger partial charge on any atom is -0.398 e. The predicted molar refractivity (Wildman–Crippen MR) is 127 cm³/mol. The number of fused-ring (bicyclic) bond motifs is 1. The highest BCUT2D eigenvalue weighted by molar-refractivity contribution is 6.34. The summed E-state index contributed by atoms with van der Waals surface area (Å²) in [6.07, 6.45) is 7.26. The molecule has 0 amide bonds. The highest BCUT2D eigenvalue weighted by atomic mass is 35.5. The molecule has 2 fully saturated rings. The Morgan fingerprint density at radius 2 is 2.06 bits per heavy atom. The van der Waals surface area contributed by atoms with Crippen LogP contribution in [-0.2, 0) is 4.74 Å². The van der Waals surface area contributed by atoms with Crippen molar-refractivity contribution in [2.75, 3.05) is 30.3 Å². The van der Waals surface area contributed by atoms with E-state index in [9.17, 15) is 0 Å². The molecule has 1 spiro atoms. The third-order valence-electron chi connectivity index (χ3n) is 7.21. The molecule has 3 aromatic rings. The van der Waals surface area contributed by atoms with Crippen molar-refractivity contribution in [3.63, 3.8) is 0 Å². The average Bonchev–Trinajstić information content (AvgIpc) is 3.35. The van der Waals surface area contributed by atoms with Gasteiger partial charge < -0.3 is 21.1 Å². The van der Waals surface area contributed by atoms with Crippen LogP contribution in [0.5, 0.6) is 0 Å². The molecule has 0 radical (unpaired) electrons. The zero-order chi connectivity index (χ0) is 22.6. The number of imidazole rings is 1. The highest BCUT2D eigenvalue weighted by Gasteiger charge is 2.47. The number of anilines is 2. The molecule has 0 bridgehead atoms. The van der Waals surface area contributed by atoms with Crippen molar-refractivity contribution in [1.82, 2.24) is 14.4 Å². The Balaban J connectivity index is 1.52. The van der Waals surface area contributed by atoms with Gasteiger partial charge in [0.2, 0.25) is 5.95 Å². The first-order valence-corrected chi connectivity index (χ1v) is 11.3. The summed E-state index contributed by atoms with van der Waals surface area (Å²) in [5, 5.41) is 6.17. The molecule has 2 aliphatic heterocycles. The van der Waals surface area contributed by atoms with Crippen LogP contribution in [0.2, 0.25) is 5.02 Å². The van der Waals surface area contributed by atoms with Gasteiger partial charge in [-0.2, -0.15) is 0 Å². The lowest BCUT2D eigenvalue weighted by Gasteiger charge is -2.41. The second-order valence-corrected chi connectivity index (χ2v) is 9.42. The standard InChI is InChI=1S/C23H28ClN7O/c1-13-19(15-9-17(24)16(11-25)18(26)10-15)21-28-5-8-31(21)22(29-13)30-6-3-23(4-7-30)12-32-14(2)20(23)27/h5,8-11,14,20,25H,3-4,6-7,12,26-27H2,1-2H3/p+1. The minimum absolute atomic E-state index is 0.0645. The van der Waals surface area contributed by atoms with E-state index >= 15 is 0 Å². The number of ether oxygens (including phenoxy) is 1. The molecule has 4 heterocycles. The van der Waals surface area contributed by atoms with Crippen molar-refractivity contribution in [3.05, 3.63) is 40.8 Å². The monoisotopic (exact) mass is 454 g/mol. The van der Waals surface area contributed by atoms with Crippen LogP contribution < -0.4 is 21.8 Å². The van der Waals surface area contributed by atoms with Gasteiger partial charge in [-0.25, -0.2) is 9.97 Å². The van der Waals surface area contributed by atoms with E-state index in [-0.39, 0.29) is 17.6 Å². The Morgan fingerprint density at radius 3 is 2.69 bits per heavy atom. The molecule has 32 heavy (non-hydrogen) atoms. The van der Waals surface area contributed by atoms with E-state index in [1.165, 1.54) is 6.21 Å². The molecule has 1 aromatic carbocycles. The summed E-state index contributed by atoms with van der Waals surface area (Å²) in [5.74, 6) is 0.889. The third-order valence-corrected chi connectivity index (χ3v) is 7.53. The second kappa shape index (κ2) is 7.72. The zero-order valence-electron chi connectivity index (χ0n) is 18.4. The van der Waals surface area contributed by atoms with Gasteiger partial charge in [0.25, 0.3) is 0 Å². The van der Waals surface area contributed by atoms with Crippen LogP contribution in [-0.4, -0.2) is 52.4 Å². The number of hydrogen-bond donors (Lipinski definition) is 3. The van der Waals surface area contributed by atoms with E-state index in [1.807, 2.05) is 29.7 Å². The SMILES string of the molecule is Cc1nc(N2CCC3(CC2)COC(C)C3N)n2ccnc2c1-c1cc(N)c(C=[NH2+])c(Cl)c1. The molecule has 168 valence electrons. The van der Waals surface area contributed by atoms with Gasteiger partial charge >= 0.3 is 0 Å². The van der Waals surface area contributed by atoms with Crippen molar-refractivity contribution in [2.24, 2.45) is 11.1 Å². The number of nitrogen functional groups attached to an aromatic ring is 1. The first kappa shape index (κ1) is 21.2. The number of piperidine rings is 1. The van der Waals surface area contributed by atoms with Crippen LogP contribution in [0.4, 0.5) is 11.6 Å². The zero-order valence-corrected chi connectivity index (χ0v) is 19.1. The fourth-order valence-corrected chi connectivity index (χ4v) is 5.51. The molecule has 2 atom stereocenters. The van der Waals surface area contributed by atoms with Crippen molar-refractivity contribution in [2.45, 2.75) is 38.8 Å². The van der Waals surface area contributed by atoms with Gasteiger partial charge in [-0.15, -0.1) is 0 Å². The van der Waals surface area contributed by atoms with Crippen molar-refractivity contribution < 1.29 is 10.1 Å². The molecule has 6 N–H and O–H groups in total. The summed E-state index contributed by atoms with van der Waals surface area (Å²) >= 11 is 6.43. The van der Waals surface area contributed by atoms with E-state index in [2.05, 4.69) is 16.8 Å². The Bertz CT molecular complexity index is 1180. The number of aromatic nitrogens is 3. The lowest BCUT2D eigenvalue weighted by Crippen LogP contribution is -2.51. The van der Waals surface area contributed by atoms with Crippen LogP contribution in [0, 0.1) is 12.3 Å². The number of nitrogens with two attached hydrogens (primary N) is 3. The number of aryl methyl sites for hydroxylation is 1. The molecule has 2 aromatic heterocycles. The fourth-order valence-electron chi connectivity index (χ4n) is 5.22. The first-order chi connectivity index (χ1) is 15.3. The van der Waals surface area contributed by atoms with Crippen LogP contribution in [0.15, 0.2) is 24.5 Å². The second-order valence-electron chi connectivity index (χ2n) is 9.01. The summed E-state index contributed by atoms with van der Waals surface area (Å²) in [5.41, 5.74) is 17.4. The molecule has 9 heteroatoms. The number of hydrogen-bond acceptors (Lipinski definition) is 6. The Morgan fingerprint density at radius 1 is 1.31 bits per heavy atom. The van der Waals surface area contributed by atoms with Crippen molar-refractivity contribution in [1.29, 1.82) is 0 Å². The Labute approximate surface area is 192 Å². The molecule has 5 rings (SSSR count). The smallest absolute Gasteiger partial charge is 0.211 e. The average molecular weight is 455 g/mol. The first-order valence-electron chi connectivity index (χ1n) is 10.9. The van der Waals surface area contributed by atoms with E-state index < -0.39 is 0 Å². The molecule has 2 unspecified atom stereocenters. The summed E-state index contributed by atoms with van der Waals surface area (Å²) in [4.78, 5) is 12.0. The van der Waals surface area contributed by atoms with Gasteiger partial charge in [0, 0.05) is 48.2 Å². The Kier molecular flexibility index (Phi) is 5.11. The summed E-state index contributed by atoms with van der Waals surface area (Å²) in [6.45, 7) is 6.56. The minimum atomic E-state index is 0.0645. The maximum Gasteiger partial charge on any atom is 0.211 e. The van der Waals surface area contributed by atoms with Gasteiger partial charge in [0.15, 0.2) is 6.21 Å². The van der Waals surface area contributed by atoms with Gasteiger partial charge in [-0.05, 0) is 44.4 Å². The maximum atomic E-state index is 6.49. The number of halogens is 1. The third kappa shape index (κ3) is 3.17. The van der Waals surface area contributed by atoms with Gasteiger partial charge in [0.1, 0.15) is 5.65 Å². The maximum absolute atomic E-state index is 6.49. The number of benzene rings is 1. The highest BCUT2D eigenvalue weighted by Crippen LogP contribution is 2.42. The van der Waals surface area contributed by atoms with E-state index in [4.69, 9.17) is 38.2 Å². The quantitative estimate of drug-likeness (QED) is 0.407. The van der Waals surface area contributed by atoms with Gasteiger partial charge in [-0.1, -0.05) is 11.6 Å². The van der Waals surface area contributed by atoms with Crippen LogP contribution in [0.25, 0.3) is 16.8 Å². The summed E-state index contributed by atoms with van der Waals surface area (Å²) in [7, 11) is 0. The molecular weight excluding hydrogens is 426 g/mol. The predicted octanol–water partition coefficient (Wildman–Crippen LogP) is 1.45. The lowest BCUT2D eigenvalue weighted by molar-refractivity contribution is -0.104. The number of rotatable bonds is 3. The van der Waals surface area contributed by atoms with E-state index in [0.29, 0.717) is 16.3 Å². The molecule has 0 saturated carbocycles. The largest absolute Gasteiger partial charge is 0.398 e. The summed E-state index contributed by atoms with van der Waals surface area (Å²) in [6, 6.07) is 3.82. The number of nitrogens with zero attached hydrogens (tertiary/aromatic N) is 4. The lowest BCUT2D eigenvalue weighted by atomic mass is 9.73. The molecular formula is C23H29ClN7O+. The van der Waals surface area contributed by atoms with E-state index in [0.717, 1.165) is 61.0 Å².